The molecule has 34 heavy (non-hydrogen) atoms. The van der Waals surface area contributed by atoms with E-state index in [9.17, 15) is 4.79 Å². The Morgan fingerprint density at radius 1 is 0.971 bits per heavy atom. The number of ether oxygens (including phenoxy) is 1. The highest BCUT2D eigenvalue weighted by Crippen LogP contribution is 2.21. The Kier molecular flexibility index (Phi) is 7.63. The number of nitrogens with one attached hydrogen (secondary N) is 1. The molecule has 0 fully saturated rings. The van der Waals surface area contributed by atoms with Crippen molar-refractivity contribution in [3.63, 3.8) is 0 Å². The van der Waals surface area contributed by atoms with Crippen molar-refractivity contribution in [3.8, 4) is 5.75 Å². The van der Waals surface area contributed by atoms with Gasteiger partial charge in [-0.3, -0.25) is 4.79 Å². The molecule has 0 aliphatic rings. The maximum absolute atomic E-state index is 12.4. The van der Waals surface area contributed by atoms with E-state index in [1.54, 1.807) is 0 Å². The molecule has 3 aromatic carbocycles. The normalized spacial score (nSPS) is 11.0. The zero-order valence-corrected chi connectivity index (χ0v) is 20.3. The number of carbonyl (C=O) groups excluding carboxylic acids is 1. The Bertz CT molecular complexity index is 1280. The molecule has 1 aromatic heterocycles. The number of aromatic nitrogens is 2. The first kappa shape index (κ1) is 23.6. The van der Waals surface area contributed by atoms with Gasteiger partial charge in [-0.05, 0) is 67.6 Å². The summed E-state index contributed by atoms with van der Waals surface area (Å²) in [6.07, 6.45) is 2.05. The van der Waals surface area contributed by atoms with Crippen LogP contribution in [-0.2, 0) is 24.2 Å². The largest absolute Gasteiger partial charge is 0.491 e. The van der Waals surface area contributed by atoms with Gasteiger partial charge in [0, 0.05) is 13.0 Å². The first-order valence-corrected chi connectivity index (χ1v) is 12.0. The molecule has 0 saturated heterocycles. The maximum Gasteiger partial charge on any atom is 0.224 e. The number of nitrogens with zero attached hydrogens (tertiary/aromatic N) is 2. The van der Waals surface area contributed by atoms with Crippen molar-refractivity contribution in [1.29, 1.82) is 0 Å². The van der Waals surface area contributed by atoms with Crippen LogP contribution in [0.4, 0.5) is 0 Å². The average Bonchev–Trinajstić information content (AvgIpc) is 3.18. The van der Waals surface area contributed by atoms with E-state index in [0.29, 0.717) is 19.6 Å². The molecule has 1 N–H and O–H groups in total. The predicted octanol–water partition coefficient (Wildman–Crippen LogP) is 5.33. The molecule has 0 aliphatic carbocycles. The fraction of sp³-hybridized carbons (Fsp3) is 0.310. The summed E-state index contributed by atoms with van der Waals surface area (Å²) in [5.41, 5.74) is 6.67. The van der Waals surface area contributed by atoms with Gasteiger partial charge in [0.05, 0.1) is 24.0 Å². The molecule has 0 spiro atoms. The van der Waals surface area contributed by atoms with Gasteiger partial charge in [-0.15, -0.1) is 0 Å². The van der Waals surface area contributed by atoms with Crippen molar-refractivity contribution < 1.29 is 9.53 Å². The number of carbonyl (C=O) groups is 1. The van der Waals surface area contributed by atoms with E-state index in [1.165, 1.54) is 5.56 Å². The number of aryl methyl sites for hydroxylation is 4. The van der Waals surface area contributed by atoms with E-state index in [0.717, 1.165) is 58.7 Å². The lowest BCUT2D eigenvalue weighted by Gasteiger charge is -2.13. The van der Waals surface area contributed by atoms with Gasteiger partial charge in [-0.1, -0.05) is 48.5 Å². The van der Waals surface area contributed by atoms with Crippen LogP contribution in [0.15, 0.2) is 66.7 Å². The summed E-state index contributed by atoms with van der Waals surface area (Å²) in [6.45, 7) is 8.12. The Hall–Kier alpha value is -3.60. The third kappa shape index (κ3) is 5.84. The van der Waals surface area contributed by atoms with Crippen LogP contribution in [0.3, 0.4) is 0 Å². The maximum atomic E-state index is 12.4. The van der Waals surface area contributed by atoms with Gasteiger partial charge in [0.15, 0.2) is 0 Å². The fourth-order valence-electron chi connectivity index (χ4n) is 4.19. The number of imidazole rings is 1. The molecule has 0 saturated carbocycles. The third-order valence-electron chi connectivity index (χ3n) is 6.16. The second-order valence-electron chi connectivity index (χ2n) is 8.84. The van der Waals surface area contributed by atoms with Crippen molar-refractivity contribution in [3.05, 3.63) is 94.8 Å². The lowest BCUT2D eigenvalue weighted by Crippen LogP contribution is -2.26. The van der Waals surface area contributed by atoms with Gasteiger partial charge < -0.3 is 14.6 Å². The van der Waals surface area contributed by atoms with Gasteiger partial charge in [-0.2, -0.15) is 0 Å². The minimum absolute atomic E-state index is 0.0599. The van der Waals surface area contributed by atoms with Crippen LogP contribution in [0.5, 0.6) is 5.75 Å². The molecule has 5 nitrogen and oxygen atoms in total. The SMILES string of the molecule is Cc1ccc(C)c(OCCn2c(CCCNC(=O)Cc3ccccc3C)nc3ccccc32)c1. The molecule has 1 heterocycles. The highest BCUT2D eigenvalue weighted by atomic mass is 16.5. The Morgan fingerprint density at radius 2 is 1.76 bits per heavy atom. The van der Waals surface area contributed by atoms with Gasteiger partial charge in [0.1, 0.15) is 18.2 Å². The Morgan fingerprint density at radius 3 is 2.62 bits per heavy atom. The average molecular weight is 456 g/mol. The molecule has 0 bridgehead atoms. The molecule has 4 rings (SSSR count). The summed E-state index contributed by atoms with van der Waals surface area (Å²) in [6, 6.07) is 22.5. The van der Waals surface area contributed by atoms with Crippen LogP contribution < -0.4 is 10.1 Å². The first-order chi connectivity index (χ1) is 16.5. The zero-order valence-electron chi connectivity index (χ0n) is 20.3. The van der Waals surface area contributed by atoms with E-state index in [-0.39, 0.29) is 5.91 Å². The monoisotopic (exact) mass is 455 g/mol. The molecule has 1 amide bonds. The molecule has 0 radical (unpaired) electrons. The lowest BCUT2D eigenvalue weighted by molar-refractivity contribution is -0.120. The molecular weight excluding hydrogens is 422 g/mol. The van der Waals surface area contributed by atoms with Crippen molar-refractivity contribution in [1.82, 2.24) is 14.9 Å². The number of amides is 1. The van der Waals surface area contributed by atoms with Crippen LogP contribution in [0, 0.1) is 20.8 Å². The molecule has 0 unspecified atom stereocenters. The van der Waals surface area contributed by atoms with E-state index in [4.69, 9.17) is 9.72 Å². The van der Waals surface area contributed by atoms with Crippen molar-refractivity contribution in [2.45, 2.75) is 46.6 Å². The van der Waals surface area contributed by atoms with Crippen LogP contribution in [-0.4, -0.2) is 28.6 Å². The minimum atomic E-state index is 0.0599. The van der Waals surface area contributed by atoms with E-state index in [2.05, 4.69) is 48.0 Å². The van der Waals surface area contributed by atoms with Gasteiger partial charge in [-0.25, -0.2) is 4.98 Å². The van der Waals surface area contributed by atoms with Crippen LogP contribution in [0.1, 0.15) is 34.5 Å². The standard InChI is InChI=1S/C29H33N3O2/c1-21-14-15-23(3)27(19-21)34-18-17-32-26-12-7-6-11-25(26)31-28(32)13-8-16-30-29(33)20-24-10-5-4-9-22(24)2/h4-7,9-12,14-15,19H,8,13,16-18,20H2,1-3H3,(H,30,33). The van der Waals surface area contributed by atoms with E-state index < -0.39 is 0 Å². The summed E-state index contributed by atoms with van der Waals surface area (Å²) >= 11 is 0. The number of benzene rings is 3. The van der Waals surface area contributed by atoms with Crippen molar-refractivity contribution in [2.75, 3.05) is 13.2 Å². The lowest BCUT2D eigenvalue weighted by atomic mass is 10.1. The number of hydrogen-bond acceptors (Lipinski definition) is 3. The number of rotatable bonds is 10. The highest BCUT2D eigenvalue weighted by molar-refractivity contribution is 5.79. The van der Waals surface area contributed by atoms with E-state index in [1.807, 2.05) is 49.4 Å². The molecule has 0 aliphatic heterocycles. The van der Waals surface area contributed by atoms with Crippen molar-refractivity contribution >= 4 is 16.9 Å². The quantitative estimate of drug-likeness (QED) is 0.329. The minimum Gasteiger partial charge on any atom is -0.491 e. The second kappa shape index (κ2) is 11.0. The van der Waals surface area contributed by atoms with Gasteiger partial charge in [0.2, 0.25) is 5.91 Å². The number of fused-ring (bicyclic) bond motifs is 1. The predicted molar refractivity (Wildman–Crippen MR) is 137 cm³/mol. The van der Waals surface area contributed by atoms with Crippen molar-refractivity contribution in [2.24, 2.45) is 0 Å². The summed E-state index contributed by atoms with van der Waals surface area (Å²) in [4.78, 5) is 17.2. The van der Waals surface area contributed by atoms with E-state index >= 15 is 0 Å². The van der Waals surface area contributed by atoms with Crippen LogP contribution in [0.2, 0.25) is 0 Å². The Balaban J connectivity index is 1.34. The molecular formula is C29H33N3O2. The highest BCUT2D eigenvalue weighted by Gasteiger charge is 2.11. The molecule has 176 valence electrons. The number of hydrogen-bond donors (Lipinski definition) is 1. The summed E-state index contributed by atoms with van der Waals surface area (Å²) in [7, 11) is 0. The third-order valence-corrected chi connectivity index (χ3v) is 6.16. The first-order valence-electron chi connectivity index (χ1n) is 12.0. The smallest absolute Gasteiger partial charge is 0.224 e. The molecule has 4 aromatic rings. The summed E-state index contributed by atoms with van der Waals surface area (Å²) < 4.78 is 8.36. The summed E-state index contributed by atoms with van der Waals surface area (Å²) in [5.74, 6) is 2.02. The summed E-state index contributed by atoms with van der Waals surface area (Å²) in [5, 5.41) is 3.06. The molecule has 0 atom stereocenters. The Labute approximate surface area is 201 Å². The molecule has 5 heteroatoms. The fourth-order valence-corrected chi connectivity index (χ4v) is 4.19. The number of para-hydroxylation sites is 2. The second-order valence-corrected chi connectivity index (χ2v) is 8.84. The van der Waals surface area contributed by atoms with Gasteiger partial charge >= 0.3 is 0 Å². The topological polar surface area (TPSA) is 56.1 Å². The van der Waals surface area contributed by atoms with Crippen LogP contribution >= 0.6 is 0 Å². The zero-order chi connectivity index (χ0) is 23.9. The van der Waals surface area contributed by atoms with Crippen LogP contribution in [0.25, 0.3) is 11.0 Å². The van der Waals surface area contributed by atoms with Gasteiger partial charge in [0.25, 0.3) is 0 Å².